The normalized spacial score (nSPS) is 11.1. The molecular weight excluding hydrogens is 388 g/mol. The molecule has 0 saturated carbocycles. The van der Waals surface area contributed by atoms with Crippen LogP contribution >= 0.6 is 11.3 Å². The number of nitrogens with zero attached hydrogens (tertiary/aromatic N) is 1. The summed E-state index contributed by atoms with van der Waals surface area (Å²) >= 11 is 1.48. The van der Waals surface area contributed by atoms with Crippen LogP contribution in [-0.4, -0.2) is 25.9 Å². The Kier molecular flexibility index (Phi) is 5.71. The van der Waals surface area contributed by atoms with Gasteiger partial charge in [0.25, 0.3) is 0 Å². The van der Waals surface area contributed by atoms with Crippen LogP contribution in [0.2, 0.25) is 0 Å². The smallest absolute Gasteiger partial charge is 0.338 e. The van der Waals surface area contributed by atoms with Gasteiger partial charge >= 0.3 is 5.97 Å². The number of hydrogen-bond acceptors (Lipinski definition) is 7. The molecule has 2 aromatic heterocycles. The Morgan fingerprint density at radius 1 is 1.33 bits per heavy atom. The van der Waals surface area contributed by atoms with E-state index in [1.165, 1.54) is 41.9 Å². The van der Waals surface area contributed by atoms with Crippen LogP contribution in [-0.2, 0) is 21.4 Å². The molecule has 138 valence electrons. The maximum atomic E-state index is 12.2. The second-order valence-electron chi connectivity index (χ2n) is 5.25. The number of ether oxygens (including phenoxy) is 1. The molecular formula is C18H14N2O5S2. The van der Waals surface area contributed by atoms with Crippen molar-refractivity contribution < 1.29 is 22.4 Å². The number of aromatic nitrogens is 1. The van der Waals surface area contributed by atoms with E-state index in [0.717, 1.165) is 4.88 Å². The lowest BCUT2D eigenvalue weighted by Crippen LogP contribution is -2.24. The van der Waals surface area contributed by atoms with Crippen LogP contribution in [0.1, 0.15) is 16.1 Å². The molecule has 0 unspecified atom stereocenters. The molecule has 27 heavy (non-hydrogen) atoms. The molecule has 0 saturated heterocycles. The molecule has 0 radical (unpaired) electrons. The van der Waals surface area contributed by atoms with Gasteiger partial charge in [0.2, 0.25) is 15.9 Å². The van der Waals surface area contributed by atoms with Crippen molar-refractivity contribution >= 4 is 27.3 Å². The van der Waals surface area contributed by atoms with Gasteiger partial charge in [-0.15, -0.1) is 17.8 Å². The van der Waals surface area contributed by atoms with Gasteiger partial charge < -0.3 is 9.15 Å². The minimum Gasteiger partial charge on any atom is -0.455 e. The number of hydrogen-bond donors (Lipinski definition) is 1. The summed E-state index contributed by atoms with van der Waals surface area (Å²) < 4.78 is 36.9. The van der Waals surface area contributed by atoms with Gasteiger partial charge in [-0.1, -0.05) is 18.1 Å². The maximum absolute atomic E-state index is 12.2. The van der Waals surface area contributed by atoms with Gasteiger partial charge in [-0.25, -0.2) is 18.2 Å². The summed E-state index contributed by atoms with van der Waals surface area (Å²) in [7, 11) is -3.79. The van der Waals surface area contributed by atoms with Crippen molar-refractivity contribution in [2.75, 3.05) is 6.54 Å². The van der Waals surface area contributed by atoms with E-state index in [-0.39, 0.29) is 23.6 Å². The Balaban J connectivity index is 1.67. The fourth-order valence-corrected chi connectivity index (χ4v) is 3.76. The monoisotopic (exact) mass is 402 g/mol. The summed E-state index contributed by atoms with van der Waals surface area (Å²) in [5, 5.41) is 1.90. The molecule has 1 aromatic carbocycles. The number of esters is 1. The summed E-state index contributed by atoms with van der Waals surface area (Å²) in [5.74, 6) is 1.96. The van der Waals surface area contributed by atoms with Crippen LogP contribution in [0, 0.1) is 12.3 Å². The highest BCUT2D eigenvalue weighted by Crippen LogP contribution is 2.24. The number of sulfonamides is 1. The van der Waals surface area contributed by atoms with Gasteiger partial charge in [-0.2, -0.15) is 4.72 Å². The second kappa shape index (κ2) is 8.18. The zero-order valence-corrected chi connectivity index (χ0v) is 15.5. The van der Waals surface area contributed by atoms with E-state index in [0.29, 0.717) is 11.6 Å². The number of terminal acetylenes is 1. The van der Waals surface area contributed by atoms with Crippen molar-refractivity contribution in [1.29, 1.82) is 0 Å². The predicted octanol–water partition coefficient (Wildman–Crippen LogP) is 2.67. The molecule has 0 aliphatic rings. The fraction of sp³-hybridized carbons (Fsp3) is 0.111. The number of carbonyl (C=O) groups excluding carboxylic acids is 1. The van der Waals surface area contributed by atoms with Gasteiger partial charge in [-0.05, 0) is 29.6 Å². The van der Waals surface area contributed by atoms with E-state index in [9.17, 15) is 13.2 Å². The molecule has 7 nitrogen and oxygen atoms in total. The molecule has 0 atom stereocenters. The Bertz CT molecular complexity index is 1080. The van der Waals surface area contributed by atoms with Gasteiger partial charge in [0.1, 0.15) is 18.6 Å². The van der Waals surface area contributed by atoms with Crippen molar-refractivity contribution in [1.82, 2.24) is 9.71 Å². The van der Waals surface area contributed by atoms with Gasteiger partial charge in [0, 0.05) is 0 Å². The molecule has 0 bridgehead atoms. The minimum atomic E-state index is -3.79. The molecule has 0 amide bonds. The molecule has 0 fully saturated rings. The molecule has 3 rings (SSSR count). The lowest BCUT2D eigenvalue weighted by molar-refractivity contribution is 0.0467. The average molecular weight is 402 g/mol. The molecule has 2 heterocycles. The standard InChI is InChI=1S/C18H14N2O5S2/c1-2-8-19-27(22,23)15-6-3-5-13(10-15)18(21)25-12-14-11-24-17(20-14)16-7-4-9-26-16/h1,3-7,9-11,19H,8,12H2. The van der Waals surface area contributed by atoms with E-state index < -0.39 is 16.0 Å². The van der Waals surface area contributed by atoms with Gasteiger partial charge in [0.15, 0.2) is 0 Å². The highest BCUT2D eigenvalue weighted by molar-refractivity contribution is 7.89. The number of thiophene rings is 1. The van der Waals surface area contributed by atoms with Gasteiger partial charge in [0.05, 0.1) is 21.9 Å². The summed E-state index contributed by atoms with van der Waals surface area (Å²) in [6.07, 6.45) is 6.47. The molecule has 0 aliphatic heterocycles. The van der Waals surface area contributed by atoms with Crippen LogP contribution in [0.4, 0.5) is 0 Å². The maximum Gasteiger partial charge on any atom is 0.338 e. The lowest BCUT2D eigenvalue weighted by atomic mass is 10.2. The van der Waals surface area contributed by atoms with Crippen molar-refractivity contribution in [2.45, 2.75) is 11.5 Å². The van der Waals surface area contributed by atoms with E-state index in [2.05, 4.69) is 15.6 Å². The van der Waals surface area contributed by atoms with Crippen LogP contribution in [0.25, 0.3) is 10.8 Å². The molecule has 0 aliphatic carbocycles. The first-order chi connectivity index (χ1) is 13.0. The molecule has 9 heteroatoms. The van der Waals surface area contributed by atoms with Crippen LogP contribution < -0.4 is 4.72 Å². The first kappa shape index (κ1) is 18.8. The van der Waals surface area contributed by atoms with Crippen LogP contribution in [0.3, 0.4) is 0 Å². The minimum absolute atomic E-state index is 0.0754. The third kappa shape index (κ3) is 4.62. The topological polar surface area (TPSA) is 98.5 Å². The average Bonchev–Trinajstić information content (AvgIpc) is 3.36. The highest BCUT2D eigenvalue weighted by Gasteiger charge is 2.17. The number of nitrogens with one attached hydrogen (secondary N) is 1. The Morgan fingerprint density at radius 2 is 2.19 bits per heavy atom. The number of benzene rings is 1. The summed E-state index contributed by atoms with van der Waals surface area (Å²) in [4.78, 5) is 17.3. The van der Waals surface area contributed by atoms with Crippen molar-refractivity contribution in [3.8, 4) is 23.1 Å². The highest BCUT2D eigenvalue weighted by atomic mass is 32.2. The number of rotatable bonds is 7. The van der Waals surface area contributed by atoms with Crippen molar-refractivity contribution in [2.24, 2.45) is 0 Å². The lowest BCUT2D eigenvalue weighted by Gasteiger charge is -2.06. The van der Waals surface area contributed by atoms with E-state index >= 15 is 0 Å². The zero-order valence-electron chi connectivity index (χ0n) is 13.9. The third-order valence-electron chi connectivity index (χ3n) is 3.38. The largest absolute Gasteiger partial charge is 0.455 e. The predicted molar refractivity (Wildman–Crippen MR) is 99.4 cm³/mol. The van der Waals surface area contributed by atoms with E-state index in [4.69, 9.17) is 15.6 Å². The first-order valence-electron chi connectivity index (χ1n) is 7.68. The van der Waals surface area contributed by atoms with Gasteiger partial charge in [-0.3, -0.25) is 0 Å². The Labute approximate surface area is 160 Å². The summed E-state index contributed by atoms with van der Waals surface area (Å²) in [6, 6.07) is 9.24. The summed E-state index contributed by atoms with van der Waals surface area (Å²) in [6.45, 7) is -0.240. The first-order valence-corrected chi connectivity index (χ1v) is 10.0. The number of carbonyl (C=O) groups is 1. The zero-order chi connectivity index (χ0) is 19.3. The molecule has 0 spiro atoms. The van der Waals surface area contributed by atoms with E-state index in [1.54, 1.807) is 0 Å². The summed E-state index contributed by atoms with van der Waals surface area (Å²) in [5.41, 5.74) is 0.548. The quantitative estimate of drug-likeness (QED) is 0.482. The molecule has 1 N–H and O–H groups in total. The fourth-order valence-electron chi connectivity index (χ4n) is 2.12. The van der Waals surface area contributed by atoms with Crippen molar-refractivity contribution in [3.05, 3.63) is 59.3 Å². The molecule has 3 aromatic rings. The van der Waals surface area contributed by atoms with Crippen molar-refractivity contribution in [3.63, 3.8) is 0 Å². The van der Waals surface area contributed by atoms with Crippen LogP contribution in [0.15, 0.2) is 57.4 Å². The third-order valence-corrected chi connectivity index (χ3v) is 5.64. The Morgan fingerprint density at radius 3 is 2.93 bits per heavy atom. The second-order valence-corrected chi connectivity index (χ2v) is 7.97. The Hall–Kier alpha value is -2.93. The van der Waals surface area contributed by atoms with E-state index in [1.807, 2.05) is 17.5 Å². The van der Waals surface area contributed by atoms with Crippen LogP contribution in [0.5, 0.6) is 0 Å². The SMILES string of the molecule is C#CCNS(=O)(=O)c1cccc(C(=O)OCc2coc(-c3cccs3)n2)c1. The number of oxazole rings is 1.